The van der Waals surface area contributed by atoms with Crippen LogP contribution in [0.2, 0.25) is 0 Å². The summed E-state index contributed by atoms with van der Waals surface area (Å²) in [5, 5.41) is 0. The molecule has 110 valence electrons. The summed E-state index contributed by atoms with van der Waals surface area (Å²) < 4.78 is 0. The molecule has 0 saturated heterocycles. The summed E-state index contributed by atoms with van der Waals surface area (Å²) in [4.78, 5) is 0. The Morgan fingerprint density at radius 3 is 1.53 bits per heavy atom. The summed E-state index contributed by atoms with van der Waals surface area (Å²) in [6, 6.07) is 0. The normalized spacial score (nSPS) is 43.3. The molecule has 0 aromatic carbocycles. The van der Waals surface area contributed by atoms with Crippen LogP contribution in [-0.4, -0.2) is 0 Å². The van der Waals surface area contributed by atoms with Gasteiger partial charge in [0.2, 0.25) is 0 Å². The molecule has 19 heavy (non-hydrogen) atoms. The van der Waals surface area contributed by atoms with Crippen molar-refractivity contribution >= 4 is 0 Å². The van der Waals surface area contributed by atoms with Gasteiger partial charge in [-0.15, -0.1) is 0 Å². The smallest absolute Gasteiger partial charge is 0.0241 e. The van der Waals surface area contributed by atoms with Gasteiger partial charge in [0.25, 0.3) is 0 Å². The van der Waals surface area contributed by atoms with Crippen LogP contribution in [0.3, 0.4) is 0 Å². The fraction of sp³-hybridized carbons (Fsp3) is 1.00. The average Bonchev–Trinajstić information content (AvgIpc) is 2.89. The molecule has 4 atom stereocenters. The largest absolute Gasteiger partial charge is 0.0625 e. The van der Waals surface area contributed by atoms with Gasteiger partial charge < -0.3 is 0 Å². The van der Waals surface area contributed by atoms with Crippen LogP contribution in [0, 0.1) is 29.1 Å². The fourth-order valence-electron chi connectivity index (χ4n) is 6.10. The Hall–Kier alpha value is 0. The Balaban J connectivity index is 1.77. The molecule has 0 N–H and O–H groups in total. The molecule has 3 aliphatic rings. The van der Waals surface area contributed by atoms with Gasteiger partial charge in [-0.05, 0) is 67.6 Å². The van der Waals surface area contributed by atoms with Crippen molar-refractivity contribution in [2.45, 2.75) is 90.9 Å². The highest BCUT2D eigenvalue weighted by molar-refractivity contribution is 4.98. The Morgan fingerprint density at radius 2 is 1.11 bits per heavy atom. The molecule has 0 heteroatoms. The minimum absolute atomic E-state index is 0.795. The van der Waals surface area contributed by atoms with E-state index in [1.807, 2.05) is 0 Å². The minimum Gasteiger partial charge on any atom is -0.0625 e. The third-order valence-electron chi connectivity index (χ3n) is 7.03. The van der Waals surface area contributed by atoms with Crippen molar-refractivity contribution in [3.63, 3.8) is 0 Å². The Bertz CT molecular complexity index is 262. The molecule has 0 aliphatic heterocycles. The van der Waals surface area contributed by atoms with E-state index in [9.17, 15) is 0 Å². The van der Waals surface area contributed by atoms with Gasteiger partial charge in [-0.1, -0.05) is 52.4 Å². The maximum absolute atomic E-state index is 2.51. The first-order chi connectivity index (χ1) is 9.21. The molecule has 0 heterocycles. The molecule has 3 rings (SSSR count). The van der Waals surface area contributed by atoms with Crippen molar-refractivity contribution < 1.29 is 0 Å². The lowest BCUT2D eigenvalue weighted by Gasteiger charge is -2.49. The SMILES string of the molecule is CC1CCCC(C2(C3CCCC(C)C3)CCCC2)C1. The second-order valence-electron chi connectivity index (χ2n) is 8.38. The first kappa shape index (κ1) is 14.0. The highest BCUT2D eigenvalue weighted by Crippen LogP contribution is 2.58. The fourth-order valence-corrected chi connectivity index (χ4v) is 6.10. The van der Waals surface area contributed by atoms with E-state index in [1.165, 1.54) is 38.5 Å². The van der Waals surface area contributed by atoms with Gasteiger partial charge in [0.1, 0.15) is 0 Å². The van der Waals surface area contributed by atoms with Gasteiger partial charge in [-0.2, -0.15) is 0 Å². The quantitative estimate of drug-likeness (QED) is 0.556. The summed E-state index contributed by atoms with van der Waals surface area (Å²) in [5.74, 6) is 4.21. The first-order valence-corrected chi connectivity index (χ1v) is 9.21. The van der Waals surface area contributed by atoms with Crippen LogP contribution in [0.1, 0.15) is 90.9 Å². The van der Waals surface area contributed by atoms with Crippen molar-refractivity contribution in [3.8, 4) is 0 Å². The molecular formula is C19H34. The van der Waals surface area contributed by atoms with Crippen molar-refractivity contribution in [2.75, 3.05) is 0 Å². The number of hydrogen-bond donors (Lipinski definition) is 0. The van der Waals surface area contributed by atoms with E-state index in [0.717, 1.165) is 29.1 Å². The van der Waals surface area contributed by atoms with Crippen molar-refractivity contribution in [2.24, 2.45) is 29.1 Å². The zero-order valence-corrected chi connectivity index (χ0v) is 13.3. The van der Waals surface area contributed by atoms with Gasteiger partial charge in [-0.25, -0.2) is 0 Å². The molecule has 0 radical (unpaired) electrons. The monoisotopic (exact) mass is 262 g/mol. The predicted molar refractivity (Wildman–Crippen MR) is 83.1 cm³/mol. The van der Waals surface area contributed by atoms with E-state index in [0.29, 0.717) is 0 Å². The van der Waals surface area contributed by atoms with Crippen LogP contribution in [0.4, 0.5) is 0 Å². The molecule has 0 amide bonds. The van der Waals surface area contributed by atoms with Crippen molar-refractivity contribution in [1.82, 2.24) is 0 Å². The van der Waals surface area contributed by atoms with Gasteiger partial charge in [-0.3, -0.25) is 0 Å². The van der Waals surface area contributed by atoms with Crippen LogP contribution in [0.25, 0.3) is 0 Å². The van der Waals surface area contributed by atoms with E-state index in [-0.39, 0.29) is 0 Å². The van der Waals surface area contributed by atoms with E-state index < -0.39 is 0 Å². The molecule has 0 aromatic heterocycles. The third-order valence-corrected chi connectivity index (χ3v) is 7.03. The third kappa shape index (κ3) is 2.74. The molecule has 4 unspecified atom stereocenters. The van der Waals surface area contributed by atoms with Gasteiger partial charge in [0.05, 0.1) is 0 Å². The summed E-state index contributed by atoms with van der Waals surface area (Å²) in [5.41, 5.74) is 0.795. The van der Waals surface area contributed by atoms with Crippen LogP contribution in [0.5, 0.6) is 0 Å². The van der Waals surface area contributed by atoms with Gasteiger partial charge in [0, 0.05) is 0 Å². The molecule has 0 nitrogen and oxygen atoms in total. The van der Waals surface area contributed by atoms with Crippen LogP contribution < -0.4 is 0 Å². The maximum atomic E-state index is 2.51. The molecule has 0 aromatic rings. The minimum atomic E-state index is 0.795. The number of rotatable bonds is 2. The van der Waals surface area contributed by atoms with Crippen molar-refractivity contribution in [3.05, 3.63) is 0 Å². The summed E-state index contributed by atoms with van der Waals surface area (Å²) in [6.45, 7) is 5.02. The molecular weight excluding hydrogens is 228 g/mol. The second kappa shape index (κ2) is 5.78. The molecule has 3 fully saturated rings. The Kier molecular flexibility index (Phi) is 4.25. The first-order valence-electron chi connectivity index (χ1n) is 9.21. The zero-order valence-electron chi connectivity index (χ0n) is 13.3. The Labute approximate surface area is 120 Å². The lowest BCUT2D eigenvalue weighted by molar-refractivity contribution is 0.00779. The molecule has 3 saturated carbocycles. The zero-order chi connectivity index (χ0) is 13.3. The average molecular weight is 262 g/mol. The lowest BCUT2D eigenvalue weighted by Crippen LogP contribution is -2.40. The summed E-state index contributed by atoms with van der Waals surface area (Å²) >= 11 is 0. The highest BCUT2D eigenvalue weighted by atomic mass is 14.5. The number of hydrogen-bond acceptors (Lipinski definition) is 0. The predicted octanol–water partition coefficient (Wildman–Crippen LogP) is 6.20. The standard InChI is InChI=1S/C19H34/c1-15-7-5-9-17(13-15)19(11-3-4-12-19)18-10-6-8-16(2)14-18/h15-18H,3-14H2,1-2H3. The second-order valence-corrected chi connectivity index (χ2v) is 8.38. The lowest BCUT2D eigenvalue weighted by atomic mass is 9.56. The van der Waals surface area contributed by atoms with Crippen LogP contribution in [0.15, 0.2) is 0 Å². The van der Waals surface area contributed by atoms with Crippen LogP contribution >= 0.6 is 0 Å². The highest BCUT2D eigenvalue weighted by Gasteiger charge is 2.48. The molecule has 0 spiro atoms. The molecule has 3 aliphatic carbocycles. The van der Waals surface area contributed by atoms with E-state index in [1.54, 1.807) is 38.5 Å². The van der Waals surface area contributed by atoms with Gasteiger partial charge >= 0.3 is 0 Å². The van der Waals surface area contributed by atoms with Crippen LogP contribution in [-0.2, 0) is 0 Å². The van der Waals surface area contributed by atoms with E-state index >= 15 is 0 Å². The Morgan fingerprint density at radius 1 is 0.632 bits per heavy atom. The van der Waals surface area contributed by atoms with Crippen molar-refractivity contribution in [1.29, 1.82) is 0 Å². The van der Waals surface area contributed by atoms with E-state index in [2.05, 4.69) is 13.8 Å². The topological polar surface area (TPSA) is 0 Å². The maximum Gasteiger partial charge on any atom is -0.0241 e. The summed E-state index contributed by atoms with van der Waals surface area (Å²) in [6.07, 6.45) is 18.6. The molecule has 0 bridgehead atoms. The summed E-state index contributed by atoms with van der Waals surface area (Å²) in [7, 11) is 0. The van der Waals surface area contributed by atoms with E-state index in [4.69, 9.17) is 0 Å². The van der Waals surface area contributed by atoms with Gasteiger partial charge in [0.15, 0.2) is 0 Å².